The van der Waals surface area contributed by atoms with Crippen LogP contribution in [0.25, 0.3) is 0 Å². The van der Waals surface area contributed by atoms with Crippen molar-refractivity contribution in [2.45, 2.75) is 37.8 Å². The van der Waals surface area contributed by atoms with Gasteiger partial charge in [-0.25, -0.2) is 9.78 Å². The third-order valence-corrected chi connectivity index (χ3v) is 4.03. The third kappa shape index (κ3) is 5.14. The Morgan fingerprint density at radius 3 is 2.88 bits per heavy atom. The van der Waals surface area contributed by atoms with Crippen LogP contribution in [0.1, 0.15) is 36.2 Å². The average Bonchev–Trinajstić information content (AvgIpc) is 3.12. The van der Waals surface area contributed by atoms with Crippen molar-refractivity contribution < 1.29 is 19.5 Å². The summed E-state index contributed by atoms with van der Waals surface area (Å²) in [5.41, 5.74) is 0.178. The number of rotatable bonds is 7. The standard InChI is InChI=1S/C16H20N6O4/c17-9-11-3-2-8-22(11)15(24)12(21-16(25)26)4-1-5-20-14(23)13-10-18-6-7-19-13/h6-7,10-12,21H,1-5,8H2,(H,20,23)(H,25,26)/t11-,12-/m0/s1. The summed E-state index contributed by atoms with van der Waals surface area (Å²) in [6, 6.07) is 0.598. The van der Waals surface area contributed by atoms with Gasteiger partial charge in [-0.1, -0.05) is 0 Å². The van der Waals surface area contributed by atoms with E-state index in [9.17, 15) is 14.4 Å². The molecule has 0 aromatic carbocycles. The van der Waals surface area contributed by atoms with E-state index < -0.39 is 30.0 Å². The third-order valence-electron chi connectivity index (χ3n) is 4.03. The molecule has 26 heavy (non-hydrogen) atoms. The molecule has 1 aliphatic rings. The minimum atomic E-state index is -1.31. The quantitative estimate of drug-likeness (QED) is 0.585. The minimum absolute atomic E-state index is 0.178. The highest BCUT2D eigenvalue weighted by Gasteiger charge is 2.33. The van der Waals surface area contributed by atoms with E-state index in [0.29, 0.717) is 19.4 Å². The van der Waals surface area contributed by atoms with Gasteiger partial charge in [0.2, 0.25) is 5.91 Å². The smallest absolute Gasteiger partial charge is 0.405 e. The molecule has 1 aromatic rings. The topological polar surface area (TPSA) is 148 Å². The Morgan fingerprint density at radius 1 is 1.42 bits per heavy atom. The monoisotopic (exact) mass is 360 g/mol. The maximum Gasteiger partial charge on any atom is 0.405 e. The SMILES string of the molecule is N#C[C@@H]1CCCN1C(=O)[C@H](CCCNC(=O)c1cnccn1)NC(=O)O. The van der Waals surface area contributed by atoms with Crippen LogP contribution in [0, 0.1) is 11.3 Å². The summed E-state index contributed by atoms with van der Waals surface area (Å²) in [5.74, 6) is -0.798. The van der Waals surface area contributed by atoms with Crippen molar-refractivity contribution in [3.8, 4) is 6.07 Å². The van der Waals surface area contributed by atoms with Gasteiger partial charge >= 0.3 is 6.09 Å². The van der Waals surface area contributed by atoms with Crippen LogP contribution in [0.3, 0.4) is 0 Å². The number of nitrogens with zero attached hydrogens (tertiary/aromatic N) is 4. The molecule has 138 valence electrons. The zero-order valence-corrected chi connectivity index (χ0v) is 14.1. The molecule has 10 nitrogen and oxygen atoms in total. The van der Waals surface area contributed by atoms with Gasteiger partial charge in [0.1, 0.15) is 17.8 Å². The number of carbonyl (C=O) groups excluding carboxylic acids is 2. The summed E-state index contributed by atoms with van der Waals surface area (Å²) < 4.78 is 0. The van der Waals surface area contributed by atoms with Gasteiger partial charge in [0.05, 0.1) is 12.3 Å². The number of nitriles is 1. The number of nitrogens with one attached hydrogen (secondary N) is 2. The number of aromatic nitrogens is 2. The van der Waals surface area contributed by atoms with Gasteiger partial charge in [0.15, 0.2) is 0 Å². The number of likely N-dealkylation sites (tertiary alicyclic amines) is 1. The molecule has 3 N–H and O–H groups in total. The van der Waals surface area contributed by atoms with Gasteiger partial charge < -0.3 is 20.6 Å². The first-order chi connectivity index (χ1) is 12.5. The molecule has 0 unspecified atom stereocenters. The molecule has 10 heteroatoms. The minimum Gasteiger partial charge on any atom is -0.465 e. The zero-order chi connectivity index (χ0) is 18.9. The van der Waals surface area contributed by atoms with E-state index in [0.717, 1.165) is 6.42 Å². The van der Waals surface area contributed by atoms with E-state index in [4.69, 9.17) is 10.4 Å². The summed E-state index contributed by atoms with van der Waals surface area (Å²) in [6.45, 7) is 0.695. The first-order valence-electron chi connectivity index (χ1n) is 8.26. The first-order valence-corrected chi connectivity index (χ1v) is 8.26. The van der Waals surface area contributed by atoms with Gasteiger partial charge in [-0.2, -0.15) is 5.26 Å². The highest BCUT2D eigenvalue weighted by molar-refractivity contribution is 5.91. The van der Waals surface area contributed by atoms with Crippen molar-refractivity contribution in [3.63, 3.8) is 0 Å². The Hall–Kier alpha value is -3.22. The largest absolute Gasteiger partial charge is 0.465 e. The van der Waals surface area contributed by atoms with Crippen LogP contribution in [0.15, 0.2) is 18.6 Å². The number of hydrogen-bond acceptors (Lipinski definition) is 6. The molecule has 2 rings (SSSR count). The molecular formula is C16H20N6O4. The summed E-state index contributed by atoms with van der Waals surface area (Å²) in [7, 11) is 0. The number of hydrogen-bond donors (Lipinski definition) is 3. The lowest BCUT2D eigenvalue weighted by Crippen LogP contribution is -2.49. The molecule has 2 atom stereocenters. The van der Waals surface area contributed by atoms with E-state index in [1.807, 2.05) is 0 Å². The van der Waals surface area contributed by atoms with Crippen molar-refractivity contribution in [2.75, 3.05) is 13.1 Å². The Balaban J connectivity index is 1.86. The highest BCUT2D eigenvalue weighted by Crippen LogP contribution is 2.18. The van der Waals surface area contributed by atoms with E-state index in [2.05, 4.69) is 26.7 Å². The van der Waals surface area contributed by atoms with Crippen molar-refractivity contribution in [2.24, 2.45) is 0 Å². The molecular weight excluding hydrogens is 340 g/mol. The van der Waals surface area contributed by atoms with Gasteiger partial charge in [-0.15, -0.1) is 0 Å². The summed E-state index contributed by atoms with van der Waals surface area (Å²) >= 11 is 0. The summed E-state index contributed by atoms with van der Waals surface area (Å²) in [5, 5.41) is 22.9. The van der Waals surface area contributed by atoms with Crippen LogP contribution in [0.5, 0.6) is 0 Å². The Bertz CT molecular complexity index is 690. The maximum atomic E-state index is 12.5. The Labute approximate surface area is 150 Å². The van der Waals surface area contributed by atoms with Crippen molar-refractivity contribution in [1.82, 2.24) is 25.5 Å². The molecule has 2 heterocycles. The van der Waals surface area contributed by atoms with E-state index in [1.165, 1.54) is 23.5 Å². The molecule has 1 saturated heterocycles. The summed E-state index contributed by atoms with van der Waals surface area (Å²) in [4.78, 5) is 44.5. The molecule has 0 radical (unpaired) electrons. The van der Waals surface area contributed by atoms with Crippen molar-refractivity contribution in [1.29, 1.82) is 5.26 Å². The predicted molar refractivity (Wildman–Crippen MR) is 88.9 cm³/mol. The average molecular weight is 360 g/mol. The molecule has 1 aromatic heterocycles. The van der Waals surface area contributed by atoms with Gasteiger partial charge in [-0.3, -0.25) is 14.6 Å². The van der Waals surface area contributed by atoms with Gasteiger partial charge in [-0.05, 0) is 25.7 Å². The van der Waals surface area contributed by atoms with Crippen LogP contribution in [-0.4, -0.2) is 63.1 Å². The lowest BCUT2D eigenvalue weighted by atomic mass is 10.1. The number of carbonyl (C=O) groups is 3. The fraction of sp³-hybridized carbons (Fsp3) is 0.500. The van der Waals surface area contributed by atoms with Crippen molar-refractivity contribution in [3.05, 3.63) is 24.3 Å². The Morgan fingerprint density at radius 2 is 2.23 bits per heavy atom. The lowest BCUT2D eigenvalue weighted by molar-refractivity contribution is -0.133. The fourth-order valence-corrected chi connectivity index (χ4v) is 2.79. The molecule has 0 saturated carbocycles. The zero-order valence-electron chi connectivity index (χ0n) is 14.1. The van der Waals surface area contributed by atoms with Crippen LogP contribution in [0.2, 0.25) is 0 Å². The maximum absolute atomic E-state index is 12.5. The first kappa shape index (κ1) is 19.1. The normalized spacial score (nSPS) is 17.2. The van der Waals surface area contributed by atoms with Gasteiger partial charge in [0, 0.05) is 25.5 Å². The second kappa shape index (κ2) is 9.31. The Kier molecular flexibility index (Phi) is 6.84. The van der Waals surface area contributed by atoms with Gasteiger partial charge in [0.25, 0.3) is 5.91 Å². The number of carboxylic acid groups (broad SMARTS) is 1. The summed E-state index contributed by atoms with van der Waals surface area (Å²) in [6.07, 6.45) is 4.80. The fourth-order valence-electron chi connectivity index (χ4n) is 2.79. The lowest BCUT2D eigenvalue weighted by Gasteiger charge is -2.25. The molecule has 3 amide bonds. The molecule has 1 aliphatic heterocycles. The molecule has 0 aliphatic carbocycles. The highest BCUT2D eigenvalue weighted by atomic mass is 16.4. The van der Waals surface area contributed by atoms with Crippen LogP contribution < -0.4 is 10.6 Å². The van der Waals surface area contributed by atoms with Crippen LogP contribution in [0.4, 0.5) is 4.79 Å². The molecule has 1 fully saturated rings. The van der Waals surface area contributed by atoms with Crippen LogP contribution >= 0.6 is 0 Å². The second-order valence-electron chi connectivity index (χ2n) is 5.81. The van der Waals surface area contributed by atoms with Crippen molar-refractivity contribution >= 4 is 17.9 Å². The molecule has 0 spiro atoms. The van der Waals surface area contributed by atoms with E-state index in [-0.39, 0.29) is 18.7 Å². The predicted octanol–water partition coefficient (Wildman–Crippen LogP) is 0.137. The number of amides is 3. The van der Waals surface area contributed by atoms with Crippen LogP contribution in [-0.2, 0) is 4.79 Å². The van der Waals surface area contributed by atoms with E-state index in [1.54, 1.807) is 0 Å². The second-order valence-corrected chi connectivity index (χ2v) is 5.81. The molecule has 0 bridgehead atoms. The van der Waals surface area contributed by atoms with E-state index >= 15 is 0 Å².